The van der Waals surface area contributed by atoms with Crippen molar-refractivity contribution in [3.8, 4) is 23.3 Å². The van der Waals surface area contributed by atoms with Crippen LogP contribution in [0, 0.1) is 11.8 Å². The van der Waals surface area contributed by atoms with E-state index in [4.69, 9.17) is 9.47 Å². The molecule has 1 N–H and O–H groups in total. The third-order valence-corrected chi connectivity index (χ3v) is 3.71. The predicted molar refractivity (Wildman–Crippen MR) is 100 cm³/mol. The Morgan fingerprint density at radius 1 is 1.08 bits per heavy atom. The number of ether oxygens (including phenoxy) is 2. The van der Waals surface area contributed by atoms with Gasteiger partial charge in [-0.1, -0.05) is 30.0 Å². The molecule has 3 rings (SSSR count). The molecule has 2 aromatic carbocycles. The molecule has 0 bridgehead atoms. The Morgan fingerprint density at radius 2 is 1.88 bits per heavy atom. The van der Waals surface area contributed by atoms with Crippen LogP contribution in [0.4, 0.5) is 0 Å². The standard InChI is InChI=1S/C21H18N2O3/c1-25-18-11-9-17(10-12-18)21(24)23-13-2-3-15-26-19-8-4-6-16-7-5-14-22-20(16)19/h4-12,14H,13,15H2,1H3,(H,23,24). The Labute approximate surface area is 152 Å². The maximum Gasteiger partial charge on any atom is 0.252 e. The number of hydrogen-bond donors (Lipinski definition) is 1. The van der Waals surface area contributed by atoms with Crippen LogP contribution in [0.1, 0.15) is 10.4 Å². The van der Waals surface area contributed by atoms with Crippen molar-refractivity contribution in [2.24, 2.45) is 0 Å². The maximum atomic E-state index is 12.0. The van der Waals surface area contributed by atoms with Crippen LogP contribution in [0.25, 0.3) is 10.9 Å². The Kier molecular flexibility index (Phi) is 5.69. The molecule has 0 aliphatic rings. The van der Waals surface area contributed by atoms with Gasteiger partial charge in [-0.3, -0.25) is 9.78 Å². The van der Waals surface area contributed by atoms with E-state index in [1.165, 1.54) is 0 Å². The molecule has 0 aliphatic carbocycles. The van der Waals surface area contributed by atoms with Gasteiger partial charge < -0.3 is 14.8 Å². The van der Waals surface area contributed by atoms with Gasteiger partial charge in [-0.05, 0) is 36.4 Å². The topological polar surface area (TPSA) is 60.5 Å². The quantitative estimate of drug-likeness (QED) is 0.722. The molecule has 5 nitrogen and oxygen atoms in total. The molecule has 0 radical (unpaired) electrons. The zero-order valence-electron chi connectivity index (χ0n) is 14.4. The van der Waals surface area contributed by atoms with Crippen molar-refractivity contribution in [3.05, 3.63) is 66.4 Å². The third-order valence-electron chi connectivity index (χ3n) is 3.71. The van der Waals surface area contributed by atoms with Crippen molar-refractivity contribution in [2.75, 3.05) is 20.3 Å². The van der Waals surface area contributed by atoms with Gasteiger partial charge in [0.25, 0.3) is 5.91 Å². The number of nitrogens with one attached hydrogen (secondary N) is 1. The Balaban J connectivity index is 1.49. The number of methoxy groups -OCH3 is 1. The SMILES string of the molecule is COc1ccc(C(=O)NCC#CCOc2cccc3cccnc23)cc1. The summed E-state index contributed by atoms with van der Waals surface area (Å²) in [5, 5.41) is 3.76. The number of para-hydroxylation sites is 1. The van der Waals surface area contributed by atoms with E-state index in [-0.39, 0.29) is 19.1 Å². The fourth-order valence-electron chi connectivity index (χ4n) is 2.39. The highest BCUT2D eigenvalue weighted by atomic mass is 16.5. The van der Waals surface area contributed by atoms with Gasteiger partial charge in [0.2, 0.25) is 0 Å². The molecular formula is C21H18N2O3. The zero-order valence-corrected chi connectivity index (χ0v) is 14.4. The molecule has 3 aromatic rings. The molecule has 0 fully saturated rings. The van der Waals surface area contributed by atoms with Crippen LogP contribution in [0.2, 0.25) is 0 Å². The second-order valence-electron chi connectivity index (χ2n) is 5.38. The minimum Gasteiger partial charge on any atom is -0.497 e. The van der Waals surface area contributed by atoms with Crippen molar-refractivity contribution >= 4 is 16.8 Å². The summed E-state index contributed by atoms with van der Waals surface area (Å²) in [6.07, 6.45) is 1.73. The smallest absolute Gasteiger partial charge is 0.252 e. The van der Waals surface area contributed by atoms with Gasteiger partial charge in [0.15, 0.2) is 0 Å². The zero-order chi connectivity index (χ0) is 18.2. The summed E-state index contributed by atoms with van der Waals surface area (Å²) in [6.45, 7) is 0.482. The van der Waals surface area contributed by atoms with E-state index in [2.05, 4.69) is 22.1 Å². The molecular weight excluding hydrogens is 328 g/mol. The van der Waals surface area contributed by atoms with E-state index >= 15 is 0 Å². The fourth-order valence-corrected chi connectivity index (χ4v) is 2.39. The molecule has 0 atom stereocenters. The number of carbonyl (C=O) groups is 1. The maximum absolute atomic E-state index is 12.0. The van der Waals surface area contributed by atoms with E-state index < -0.39 is 0 Å². The summed E-state index contributed by atoms with van der Waals surface area (Å²) in [7, 11) is 1.58. The first-order valence-corrected chi connectivity index (χ1v) is 8.12. The van der Waals surface area contributed by atoms with E-state index in [9.17, 15) is 4.79 Å². The fraction of sp³-hybridized carbons (Fsp3) is 0.143. The first kappa shape index (κ1) is 17.3. The lowest BCUT2D eigenvalue weighted by Crippen LogP contribution is -2.23. The molecule has 5 heteroatoms. The normalized spacial score (nSPS) is 9.88. The number of carbonyl (C=O) groups excluding carboxylic acids is 1. The van der Waals surface area contributed by atoms with Crippen molar-refractivity contribution in [2.45, 2.75) is 0 Å². The number of hydrogen-bond acceptors (Lipinski definition) is 4. The summed E-state index contributed by atoms with van der Waals surface area (Å²) in [6, 6.07) is 16.5. The number of amides is 1. The van der Waals surface area contributed by atoms with Crippen molar-refractivity contribution in [1.29, 1.82) is 0 Å². The van der Waals surface area contributed by atoms with Crippen LogP contribution in [0.5, 0.6) is 11.5 Å². The Bertz CT molecular complexity index is 951. The molecule has 1 amide bonds. The molecule has 130 valence electrons. The van der Waals surface area contributed by atoms with Crippen LogP contribution in [-0.2, 0) is 0 Å². The van der Waals surface area contributed by atoms with Crippen LogP contribution >= 0.6 is 0 Å². The number of fused-ring (bicyclic) bond motifs is 1. The molecule has 0 saturated carbocycles. The minimum atomic E-state index is -0.180. The van der Waals surface area contributed by atoms with Gasteiger partial charge in [-0.25, -0.2) is 0 Å². The summed E-state index contributed by atoms with van der Waals surface area (Å²) >= 11 is 0. The summed E-state index contributed by atoms with van der Waals surface area (Å²) in [5.74, 6) is 6.99. The third kappa shape index (κ3) is 4.31. The second-order valence-corrected chi connectivity index (χ2v) is 5.38. The van der Waals surface area contributed by atoms with Crippen molar-refractivity contribution in [1.82, 2.24) is 10.3 Å². The summed E-state index contributed by atoms with van der Waals surface area (Å²) in [5.41, 5.74) is 1.37. The van der Waals surface area contributed by atoms with E-state index in [0.29, 0.717) is 17.1 Å². The largest absolute Gasteiger partial charge is 0.497 e. The number of nitrogens with zero attached hydrogens (tertiary/aromatic N) is 1. The molecule has 0 unspecified atom stereocenters. The number of benzene rings is 2. The van der Waals surface area contributed by atoms with Gasteiger partial charge in [0, 0.05) is 17.1 Å². The molecule has 0 spiro atoms. The van der Waals surface area contributed by atoms with Gasteiger partial charge in [0.05, 0.1) is 13.7 Å². The van der Waals surface area contributed by atoms with E-state index in [1.807, 2.05) is 30.3 Å². The average Bonchev–Trinajstić information content (AvgIpc) is 2.70. The van der Waals surface area contributed by atoms with Crippen LogP contribution in [0.3, 0.4) is 0 Å². The number of rotatable bonds is 5. The highest BCUT2D eigenvalue weighted by Crippen LogP contribution is 2.22. The Morgan fingerprint density at radius 3 is 2.69 bits per heavy atom. The summed E-state index contributed by atoms with van der Waals surface area (Å²) in [4.78, 5) is 16.3. The molecule has 1 heterocycles. The monoisotopic (exact) mass is 346 g/mol. The lowest BCUT2D eigenvalue weighted by molar-refractivity contribution is 0.0958. The van der Waals surface area contributed by atoms with Crippen LogP contribution in [-0.4, -0.2) is 31.2 Å². The number of pyridine rings is 1. The molecule has 0 aliphatic heterocycles. The van der Waals surface area contributed by atoms with E-state index in [1.54, 1.807) is 37.6 Å². The average molecular weight is 346 g/mol. The Hall–Kier alpha value is -3.52. The highest BCUT2D eigenvalue weighted by molar-refractivity contribution is 5.94. The van der Waals surface area contributed by atoms with Gasteiger partial charge in [-0.2, -0.15) is 0 Å². The predicted octanol–water partition coefficient (Wildman–Crippen LogP) is 3.06. The van der Waals surface area contributed by atoms with Gasteiger partial charge in [-0.15, -0.1) is 0 Å². The molecule has 26 heavy (non-hydrogen) atoms. The minimum absolute atomic E-state index is 0.180. The molecule has 1 aromatic heterocycles. The van der Waals surface area contributed by atoms with Gasteiger partial charge in [0.1, 0.15) is 23.6 Å². The lowest BCUT2D eigenvalue weighted by Gasteiger charge is -2.05. The first-order valence-electron chi connectivity index (χ1n) is 8.12. The van der Waals surface area contributed by atoms with Crippen LogP contribution < -0.4 is 14.8 Å². The first-order chi connectivity index (χ1) is 12.8. The number of aromatic nitrogens is 1. The van der Waals surface area contributed by atoms with E-state index in [0.717, 1.165) is 10.9 Å². The highest BCUT2D eigenvalue weighted by Gasteiger charge is 2.04. The van der Waals surface area contributed by atoms with Gasteiger partial charge >= 0.3 is 0 Å². The van der Waals surface area contributed by atoms with Crippen molar-refractivity contribution in [3.63, 3.8) is 0 Å². The van der Waals surface area contributed by atoms with Crippen LogP contribution in [0.15, 0.2) is 60.8 Å². The lowest BCUT2D eigenvalue weighted by atomic mass is 10.2. The van der Waals surface area contributed by atoms with Crippen molar-refractivity contribution < 1.29 is 14.3 Å². The molecule has 0 saturated heterocycles. The second kappa shape index (κ2) is 8.54. The summed E-state index contributed by atoms with van der Waals surface area (Å²) < 4.78 is 10.7.